The first kappa shape index (κ1) is 31.1. The van der Waals surface area contributed by atoms with E-state index in [-0.39, 0.29) is 11.7 Å². The van der Waals surface area contributed by atoms with Crippen LogP contribution >= 0.6 is 12.6 Å². The van der Waals surface area contributed by atoms with E-state index in [4.69, 9.17) is 23.5 Å². The molecule has 1 heterocycles. The molecule has 5 heteroatoms. The molecule has 7 aromatic rings. The smallest absolute Gasteiger partial charge is 0.140 e. The SMILES string of the molecule is CC1(n2c3ccccc3c3c(S)c(-c4ccccc4)c4ccccc4c32)C=CC(C(/N=C/c2ccccc2)N(N)Cc2ccccc2)=CC1. The van der Waals surface area contributed by atoms with Crippen LogP contribution in [0.2, 0.25) is 0 Å². The topological polar surface area (TPSA) is 46.5 Å². The van der Waals surface area contributed by atoms with Crippen molar-refractivity contribution >= 4 is 51.4 Å². The Morgan fingerprint density at radius 2 is 1.41 bits per heavy atom. The van der Waals surface area contributed by atoms with E-state index in [1.807, 2.05) is 47.6 Å². The molecule has 1 aliphatic rings. The van der Waals surface area contributed by atoms with Gasteiger partial charge in [-0.2, -0.15) is 0 Å². The first-order valence-electron chi connectivity index (χ1n) is 16.8. The molecule has 1 aromatic heterocycles. The minimum Gasteiger partial charge on any atom is -0.330 e. The number of aliphatic imine (C=N–C) groups is 1. The van der Waals surface area contributed by atoms with Gasteiger partial charge in [-0.1, -0.05) is 152 Å². The lowest BCUT2D eigenvalue weighted by atomic mass is 9.88. The van der Waals surface area contributed by atoms with Gasteiger partial charge in [0, 0.05) is 44.9 Å². The van der Waals surface area contributed by atoms with E-state index in [9.17, 15) is 0 Å². The second-order valence-corrected chi connectivity index (χ2v) is 13.5. The molecule has 2 N–H and O–H groups in total. The summed E-state index contributed by atoms with van der Waals surface area (Å²) in [5.74, 6) is 6.83. The summed E-state index contributed by atoms with van der Waals surface area (Å²) in [6.45, 7) is 2.90. The van der Waals surface area contributed by atoms with Gasteiger partial charge in [-0.05, 0) is 47.1 Å². The molecule has 0 saturated carbocycles. The van der Waals surface area contributed by atoms with Crippen molar-refractivity contribution in [2.24, 2.45) is 10.8 Å². The summed E-state index contributed by atoms with van der Waals surface area (Å²) in [7, 11) is 0. The second-order valence-electron chi connectivity index (χ2n) is 13.0. The number of nitrogens with two attached hydrogens (primary N) is 1. The number of rotatable bonds is 8. The van der Waals surface area contributed by atoms with Crippen molar-refractivity contribution in [3.05, 3.63) is 174 Å². The Morgan fingerprint density at radius 1 is 0.796 bits per heavy atom. The summed E-state index contributed by atoms with van der Waals surface area (Å²) in [6, 6.07) is 48.7. The van der Waals surface area contributed by atoms with Crippen LogP contribution in [0.5, 0.6) is 0 Å². The van der Waals surface area contributed by atoms with Crippen LogP contribution < -0.4 is 5.84 Å². The molecule has 0 spiro atoms. The maximum absolute atomic E-state index is 6.83. The van der Waals surface area contributed by atoms with E-state index in [2.05, 4.69) is 133 Å². The number of thiol groups is 1. The van der Waals surface area contributed by atoms with Gasteiger partial charge in [0.15, 0.2) is 0 Å². The monoisotopic (exact) mass is 654 g/mol. The predicted octanol–water partition coefficient (Wildman–Crippen LogP) is 10.3. The summed E-state index contributed by atoms with van der Waals surface area (Å²) >= 11 is 5.31. The molecular weight excluding hydrogens is 617 g/mol. The first-order chi connectivity index (χ1) is 24.0. The molecular formula is C44H38N4S. The van der Waals surface area contributed by atoms with Gasteiger partial charge in [-0.25, -0.2) is 5.01 Å². The van der Waals surface area contributed by atoms with Gasteiger partial charge in [0.05, 0.1) is 11.1 Å². The van der Waals surface area contributed by atoms with E-state index in [1.54, 1.807) is 0 Å². The standard InChI is InChI=1S/C44H38N4S/c1-44(27-25-34(26-28-44)43(46-29-31-15-5-2-6-16-31)47(45)30-32-17-7-3-8-18-32)48-38-24-14-13-23-37(38)40-41(48)36-22-12-11-21-35(36)39(42(40)49)33-19-9-4-10-20-33/h2-27,29,43,49H,28,30,45H2,1H3/b46-29+. The third kappa shape index (κ3) is 5.70. The van der Waals surface area contributed by atoms with Crippen LogP contribution in [-0.4, -0.2) is 22.0 Å². The number of hydrogen-bond acceptors (Lipinski definition) is 4. The fourth-order valence-corrected chi connectivity index (χ4v) is 7.83. The zero-order valence-electron chi connectivity index (χ0n) is 27.4. The molecule has 2 unspecified atom stereocenters. The van der Waals surface area contributed by atoms with Gasteiger partial charge in [0.1, 0.15) is 6.17 Å². The van der Waals surface area contributed by atoms with Crippen LogP contribution in [0.3, 0.4) is 0 Å². The van der Waals surface area contributed by atoms with Crippen LogP contribution in [0, 0.1) is 0 Å². The number of allylic oxidation sites excluding steroid dienone is 2. The Hall–Kier alpha value is -5.20. The lowest BCUT2D eigenvalue weighted by Gasteiger charge is -2.34. The number of fused-ring (bicyclic) bond motifs is 5. The molecule has 49 heavy (non-hydrogen) atoms. The van der Waals surface area contributed by atoms with E-state index >= 15 is 0 Å². The van der Waals surface area contributed by atoms with Crippen LogP contribution in [0.15, 0.2) is 173 Å². The highest BCUT2D eigenvalue weighted by Gasteiger charge is 2.32. The summed E-state index contributed by atoms with van der Waals surface area (Å²) in [6.07, 6.45) is 9.24. The minimum absolute atomic E-state index is 0.349. The number of hydrogen-bond donors (Lipinski definition) is 2. The highest BCUT2D eigenvalue weighted by molar-refractivity contribution is 7.80. The maximum atomic E-state index is 6.83. The zero-order valence-corrected chi connectivity index (χ0v) is 28.3. The highest BCUT2D eigenvalue weighted by atomic mass is 32.1. The Labute approximate surface area is 292 Å². The molecule has 0 bridgehead atoms. The first-order valence-corrected chi connectivity index (χ1v) is 17.2. The van der Waals surface area contributed by atoms with E-state index in [0.717, 1.165) is 28.0 Å². The lowest BCUT2D eigenvalue weighted by Crippen LogP contribution is -2.41. The van der Waals surface area contributed by atoms with Crippen LogP contribution in [0.25, 0.3) is 43.7 Å². The third-order valence-electron chi connectivity index (χ3n) is 9.74. The van der Waals surface area contributed by atoms with Gasteiger partial charge < -0.3 is 4.57 Å². The predicted molar refractivity (Wildman–Crippen MR) is 209 cm³/mol. The Kier molecular flexibility index (Phi) is 8.26. The van der Waals surface area contributed by atoms with Crippen molar-refractivity contribution in [1.82, 2.24) is 9.58 Å². The van der Waals surface area contributed by atoms with Crippen molar-refractivity contribution in [2.45, 2.75) is 36.5 Å². The molecule has 240 valence electrons. The fraction of sp³-hybridized carbons (Fsp3) is 0.114. The summed E-state index contributed by atoms with van der Waals surface area (Å²) < 4.78 is 2.53. The van der Waals surface area contributed by atoms with Gasteiger partial charge in [-0.3, -0.25) is 10.8 Å². The Bertz CT molecular complexity index is 2380. The molecule has 2 atom stereocenters. The average Bonchev–Trinajstić information content (AvgIpc) is 3.51. The molecule has 1 aliphatic carbocycles. The van der Waals surface area contributed by atoms with Crippen molar-refractivity contribution in [2.75, 3.05) is 0 Å². The lowest BCUT2D eigenvalue weighted by molar-refractivity contribution is 0.225. The highest BCUT2D eigenvalue weighted by Crippen LogP contribution is 2.48. The summed E-state index contributed by atoms with van der Waals surface area (Å²) in [5.41, 5.74) is 7.64. The largest absolute Gasteiger partial charge is 0.330 e. The van der Waals surface area contributed by atoms with Crippen LogP contribution in [0.4, 0.5) is 0 Å². The molecule has 0 aliphatic heterocycles. The van der Waals surface area contributed by atoms with Crippen molar-refractivity contribution in [1.29, 1.82) is 0 Å². The Balaban J connectivity index is 1.25. The van der Waals surface area contributed by atoms with E-state index < -0.39 is 0 Å². The second kappa shape index (κ2) is 13.0. The number of benzene rings is 6. The fourth-order valence-electron chi connectivity index (χ4n) is 7.36. The van der Waals surface area contributed by atoms with Crippen molar-refractivity contribution < 1.29 is 0 Å². The molecule has 6 aromatic carbocycles. The molecule has 8 rings (SSSR count). The summed E-state index contributed by atoms with van der Waals surface area (Å²) in [4.78, 5) is 6.06. The normalized spacial score (nSPS) is 17.0. The molecule has 0 radical (unpaired) electrons. The van der Waals surface area contributed by atoms with E-state index in [1.165, 1.54) is 43.7 Å². The van der Waals surface area contributed by atoms with Crippen LogP contribution in [0.1, 0.15) is 24.5 Å². The molecule has 4 nitrogen and oxygen atoms in total. The molecule has 0 amide bonds. The van der Waals surface area contributed by atoms with Crippen LogP contribution in [-0.2, 0) is 12.1 Å². The average molecular weight is 655 g/mol. The number of para-hydroxylation sites is 1. The number of nitrogens with zero attached hydrogens (tertiary/aromatic N) is 3. The van der Waals surface area contributed by atoms with Gasteiger partial charge >= 0.3 is 0 Å². The zero-order chi connectivity index (χ0) is 33.4. The molecule has 0 saturated heterocycles. The van der Waals surface area contributed by atoms with Crippen molar-refractivity contribution in [3.8, 4) is 11.1 Å². The molecule has 0 fully saturated rings. The van der Waals surface area contributed by atoms with Gasteiger partial charge in [0.25, 0.3) is 0 Å². The summed E-state index contributed by atoms with van der Waals surface area (Å²) in [5, 5.41) is 6.64. The van der Waals surface area contributed by atoms with Crippen molar-refractivity contribution in [3.63, 3.8) is 0 Å². The van der Waals surface area contributed by atoms with Gasteiger partial charge in [0.2, 0.25) is 0 Å². The third-order valence-corrected chi connectivity index (χ3v) is 10.2. The maximum Gasteiger partial charge on any atom is 0.140 e. The van der Waals surface area contributed by atoms with Gasteiger partial charge in [-0.15, -0.1) is 12.6 Å². The quantitative estimate of drug-likeness (QED) is 0.0741. The van der Waals surface area contributed by atoms with E-state index in [0.29, 0.717) is 6.54 Å². The number of hydrazine groups is 1. The minimum atomic E-state index is -0.353. The Morgan fingerprint density at radius 3 is 2.10 bits per heavy atom. The number of aromatic nitrogens is 1.